The largest absolute Gasteiger partial charge is 0.314 e. The van der Waals surface area contributed by atoms with Crippen LogP contribution in [0, 0.1) is 16.7 Å². The van der Waals surface area contributed by atoms with Crippen LogP contribution in [0.15, 0.2) is 0 Å². The molecular weight excluding hydrogens is 186 g/mol. The van der Waals surface area contributed by atoms with Gasteiger partial charge >= 0.3 is 0 Å². The van der Waals surface area contributed by atoms with Crippen molar-refractivity contribution in [2.45, 2.75) is 39.7 Å². The maximum atomic E-state index is 8.85. The van der Waals surface area contributed by atoms with Gasteiger partial charge in [-0.3, -0.25) is 0 Å². The molecule has 0 saturated carbocycles. The molecule has 3 nitrogen and oxygen atoms in total. The molecule has 15 heavy (non-hydrogen) atoms. The van der Waals surface area contributed by atoms with Crippen LogP contribution >= 0.6 is 0 Å². The molecule has 0 aliphatic heterocycles. The third-order valence-corrected chi connectivity index (χ3v) is 2.55. The van der Waals surface area contributed by atoms with Crippen LogP contribution in [-0.2, 0) is 0 Å². The van der Waals surface area contributed by atoms with Crippen molar-refractivity contribution in [3.63, 3.8) is 0 Å². The number of rotatable bonds is 7. The average Bonchev–Trinajstić information content (AvgIpc) is 2.14. The number of nitriles is 1. The molecule has 0 fully saturated rings. The summed E-state index contributed by atoms with van der Waals surface area (Å²) in [6.07, 6.45) is 2.07. The number of nitrogens with zero attached hydrogens (tertiary/aromatic N) is 2. The Bertz CT molecular complexity index is 203. The predicted molar refractivity (Wildman–Crippen MR) is 64.6 cm³/mol. The lowest BCUT2D eigenvalue weighted by Crippen LogP contribution is -2.32. The molecule has 0 bridgehead atoms. The van der Waals surface area contributed by atoms with E-state index >= 15 is 0 Å². The molecule has 3 heteroatoms. The van der Waals surface area contributed by atoms with Gasteiger partial charge < -0.3 is 10.2 Å². The van der Waals surface area contributed by atoms with Crippen molar-refractivity contribution in [1.82, 2.24) is 10.2 Å². The Morgan fingerprint density at radius 3 is 2.47 bits per heavy atom. The van der Waals surface area contributed by atoms with Gasteiger partial charge in [0.1, 0.15) is 0 Å². The zero-order valence-electron chi connectivity index (χ0n) is 10.8. The first-order valence-corrected chi connectivity index (χ1v) is 5.67. The molecule has 88 valence electrons. The summed E-state index contributed by atoms with van der Waals surface area (Å²) < 4.78 is 0. The van der Waals surface area contributed by atoms with Crippen molar-refractivity contribution >= 4 is 0 Å². The van der Waals surface area contributed by atoms with Crippen LogP contribution < -0.4 is 5.32 Å². The summed E-state index contributed by atoms with van der Waals surface area (Å²) in [7, 11) is 4.18. The molecule has 0 heterocycles. The predicted octanol–water partition coefficient (Wildman–Crippen LogP) is 1.86. The van der Waals surface area contributed by atoms with E-state index in [0.29, 0.717) is 6.04 Å². The van der Waals surface area contributed by atoms with Crippen LogP contribution in [0.4, 0.5) is 0 Å². The fraction of sp³-hybridized carbons (Fsp3) is 0.917. The van der Waals surface area contributed by atoms with Crippen LogP contribution in [0.2, 0.25) is 0 Å². The summed E-state index contributed by atoms with van der Waals surface area (Å²) in [5.41, 5.74) is -0.200. The Hall–Kier alpha value is -0.590. The highest BCUT2D eigenvalue weighted by molar-refractivity contribution is 4.91. The minimum absolute atomic E-state index is 0.200. The standard InChI is InChI=1S/C12H25N3/c1-11(6-9-15(4)5)14-8-7-12(2,3)10-13/h11,14H,6-9H2,1-5H3. The highest BCUT2D eigenvalue weighted by atomic mass is 15.1. The molecule has 0 aromatic heterocycles. The van der Waals surface area contributed by atoms with Gasteiger partial charge in [0.2, 0.25) is 0 Å². The smallest absolute Gasteiger partial charge is 0.0684 e. The fourth-order valence-electron chi connectivity index (χ4n) is 1.24. The van der Waals surface area contributed by atoms with Crippen molar-refractivity contribution in [2.24, 2.45) is 5.41 Å². The summed E-state index contributed by atoms with van der Waals surface area (Å²) in [6.45, 7) is 8.20. The molecule has 0 aliphatic rings. The summed E-state index contributed by atoms with van der Waals surface area (Å²) in [5.74, 6) is 0. The number of nitrogens with one attached hydrogen (secondary N) is 1. The van der Waals surface area contributed by atoms with Gasteiger partial charge in [0.25, 0.3) is 0 Å². The van der Waals surface area contributed by atoms with Crippen LogP contribution in [0.5, 0.6) is 0 Å². The van der Waals surface area contributed by atoms with Crippen LogP contribution in [0.1, 0.15) is 33.6 Å². The maximum absolute atomic E-state index is 8.85. The highest BCUT2D eigenvalue weighted by Gasteiger charge is 2.15. The van der Waals surface area contributed by atoms with Gasteiger partial charge in [-0.2, -0.15) is 5.26 Å². The fourth-order valence-corrected chi connectivity index (χ4v) is 1.24. The third kappa shape index (κ3) is 8.41. The van der Waals surface area contributed by atoms with Crippen molar-refractivity contribution < 1.29 is 0 Å². The zero-order valence-corrected chi connectivity index (χ0v) is 10.8. The molecule has 0 radical (unpaired) electrons. The van der Waals surface area contributed by atoms with Crippen LogP contribution in [-0.4, -0.2) is 38.1 Å². The second kappa shape index (κ2) is 6.81. The van der Waals surface area contributed by atoms with Gasteiger partial charge in [0.05, 0.1) is 11.5 Å². The van der Waals surface area contributed by atoms with Gasteiger partial charge in [-0.15, -0.1) is 0 Å². The normalized spacial score (nSPS) is 13.9. The molecule has 0 spiro atoms. The Morgan fingerprint density at radius 2 is 2.00 bits per heavy atom. The Balaban J connectivity index is 3.56. The molecule has 1 atom stereocenters. The molecule has 0 amide bonds. The van der Waals surface area contributed by atoms with Crippen molar-refractivity contribution in [3.05, 3.63) is 0 Å². The molecule has 0 aromatic carbocycles. The van der Waals surface area contributed by atoms with E-state index in [1.807, 2.05) is 13.8 Å². The second-order valence-corrected chi connectivity index (χ2v) is 5.19. The Kier molecular flexibility index (Phi) is 6.55. The van der Waals surface area contributed by atoms with E-state index in [0.717, 1.165) is 25.9 Å². The van der Waals surface area contributed by atoms with E-state index in [-0.39, 0.29) is 5.41 Å². The van der Waals surface area contributed by atoms with E-state index in [4.69, 9.17) is 5.26 Å². The zero-order chi connectivity index (χ0) is 11.9. The van der Waals surface area contributed by atoms with E-state index in [1.54, 1.807) is 0 Å². The van der Waals surface area contributed by atoms with Crippen LogP contribution in [0.25, 0.3) is 0 Å². The Morgan fingerprint density at radius 1 is 1.40 bits per heavy atom. The Labute approximate surface area is 94.5 Å². The quantitative estimate of drug-likeness (QED) is 0.698. The first-order chi connectivity index (χ1) is 6.87. The van der Waals surface area contributed by atoms with E-state index in [2.05, 4.69) is 37.3 Å². The SMILES string of the molecule is CC(CCN(C)C)NCCC(C)(C)C#N. The first kappa shape index (κ1) is 14.4. The summed E-state index contributed by atoms with van der Waals surface area (Å²) in [5, 5.41) is 12.3. The van der Waals surface area contributed by atoms with Gasteiger partial charge in [0.15, 0.2) is 0 Å². The first-order valence-electron chi connectivity index (χ1n) is 5.67. The van der Waals surface area contributed by atoms with Crippen LogP contribution in [0.3, 0.4) is 0 Å². The van der Waals surface area contributed by atoms with Gasteiger partial charge in [-0.1, -0.05) is 0 Å². The van der Waals surface area contributed by atoms with Gasteiger partial charge in [-0.25, -0.2) is 0 Å². The molecule has 0 aliphatic carbocycles. The molecule has 0 aromatic rings. The molecule has 1 unspecified atom stereocenters. The van der Waals surface area contributed by atoms with Gasteiger partial charge in [0, 0.05) is 6.04 Å². The second-order valence-electron chi connectivity index (χ2n) is 5.19. The van der Waals surface area contributed by atoms with Crippen molar-refractivity contribution in [1.29, 1.82) is 5.26 Å². The molecule has 0 saturated heterocycles. The van der Waals surface area contributed by atoms with E-state index in [9.17, 15) is 0 Å². The van der Waals surface area contributed by atoms with Crippen molar-refractivity contribution in [2.75, 3.05) is 27.2 Å². The van der Waals surface area contributed by atoms with E-state index in [1.165, 1.54) is 0 Å². The lowest BCUT2D eigenvalue weighted by atomic mass is 9.91. The third-order valence-electron chi connectivity index (χ3n) is 2.55. The maximum Gasteiger partial charge on any atom is 0.0684 e. The summed E-state index contributed by atoms with van der Waals surface area (Å²) in [6, 6.07) is 2.85. The number of hydrogen-bond acceptors (Lipinski definition) is 3. The van der Waals surface area contributed by atoms with E-state index < -0.39 is 0 Å². The average molecular weight is 211 g/mol. The number of hydrogen-bond donors (Lipinski definition) is 1. The summed E-state index contributed by atoms with van der Waals surface area (Å²) >= 11 is 0. The minimum atomic E-state index is -0.200. The molecule has 1 N–H and O–H groups in total. The van der Waals surface area contributed by atoms with Gasteiger partial charge in [-0.05, 0) is 60.8 Å². The van der Waals surface area contributed by atoms with Crippen molar-refractivity contribution in [3.8, 4) is 6.07 Å². The molecular formula is C12H25N3. The lowest BCUT2D eigenvalue weighted by Gasteiger charge is -2.19. The monoisotopic (exact) mass is 211 g/mol. The lowest BCUT2D eigenvalue weighted by molar-refractivity contribution is 0.353. The molecule has 0 rings (SSSR count). The minimum Gasteiger partial charge on any atom is -0.314 e. The topological polar surface area (TPSA) is 39.1 Å². The highest BCUT2D eigenvalue weighted by Crippen LogP contribution is 2.17. The summed E-state index contributed by atoms with van der Waals surface area (Å²) in [4.78, 5) is 2.19.